The summed E-state index contributed by atoms with van der Waals surface area (Å²) in [5.41, 5.74) is 4.84. The summed E-state index contributed by atoms with van der Waals surface area (Å²) in [6, 6.07) is 16.3. The van der Waals surface area contributed by atoms with E-state index in [0.29, 0.717) is 0 Å². The molecule has 5 heteroatoms. The van der Waals surface area contributed by atoms with Crippen LogP contribution in [0.15, 0.2) is 66.6 Å². The molecule has 2 heterocycles. The Kier molecular flexibility index (Phi) is 5.70. The maximum absolute atomic E-state index is 13.2. The van der Waals surface area contributed by atoms with Crippen molar-refractivity contribution >= 4 is 12.0 Å². The van der Waals surface area contributed by atoms with Crippen molar-refractivity contribution in [2.24, 2.45) is 0 Å². The molecule has 0 spiro atoms. The molecule has 4 rings (SSSR count). The number of rotatable bonds is 5. The zero-order valence-corrected chi connectivity index (χ0v) is 17.7. The lowest BCUT2D eigenvalue weighted by atomic mass is 9.97. The molecule has 0 unspecified atom stereocenters. The third-order valence-corrected chi connectivity index (χ3v) is 5.66. The van der Waals surface area contributed by atoms with Gasteiger partial charge in [-0.05, 0) is 56.0 Å². The fourth-order valence-corrected chi connectivity index (χ4v) is 4.00. The Morgan fingerprint density at radius 1 is 1.17 bits per heavy atom. The van der Waals surface area contributed by atoms with Gasteiger partial charge in [-0.1, -0.05) is 36.4 Å². The van der Waals surface area contributed by atoms with Crippen LogP contribution < -0.4 is 4.74 Å². The highest BCUT2D eigenvalue weighted by Gasteiger charge is 2.27. The quantitative estimate of drug-likeness (QED) is 0.568. The van der Waals surface area contributed by atoms with Gasteiger partial charge in [0.1, 0.15) is 5.75 Å². The lowest BCUT2D eigenvalue weighted by molar-refractivity contribution is -0.130. The Morgan fingerprint density at radius 3 is 2.67 bits per heavy atom. The molecule has 1 amide bonds. The monoisotopic (exact) mass is 401 g/mol. The number of carbonyl (C=O) groups excluding carboxylic acids is 1. The second-order valence-electron chi connectivity index (χ2n) is 7.71. The highest BCUT2D eigenvalue weighted by molar-refractivity contribution is 5.98. The third-order valence-electron chi connectivity index (χ3n) is 5.66. The Labute approximate surface area is 177 Å². The predicted molar refractivity (Wildman–Crippen MR) is 119 cm³/mol. The Morgan fingerprint density at radius 2 is 1.97 bits per heavy atom. The fraction of sp³-hybridized carbons (Fsp3) is 0.280. The van der Waals surface area contributed by atoms with E-state index in [0.717, 1.165) is 53.2 Å². The number of carbonyl (C=O) groups is 1. The van der Waals surface area contributed by atoms with E-state index < -0.39 is 0 Å². The summed E-state index contributed by atoms with van der Waals surface area (Å²) < 4.78 is 7.55. The molecule has 1 saturated heterocycles. The van der Waals surface area contributed by atoms with E-state index in [1.807, 2.05) is 65.1 Å². The Hall–Kier alpha value is -3.34. The number of aryl methyl sites for hydroxylation is 1. The maximum Gasteiger partial charge on any atom is 0.250 e. The van der Waals surface area contributed by atoms with Crippen molar-refractivity contribution in [1.82, 2.24) is 14.5 Å². The molecule has 1 atom stereocenters. The highest BCUT2D eigenvalue weighted by atomic mass is 16.5. The van der Waals surface area contributed by atoms with E-state index in [9.17, 15) is 4.79 Å². The zero-order valence-electron chi connectivity index (χ0n) is 17.7. The summed E-state index contributed by atoms with van der Waals surface area (Å²) in [4.78, 5) is 19.5. The summed E-state index contributed by atoms with van der Waals surface area (Å²) in [5, 5.41) is 0. The first-order valence-corrected chi connectivity index (χ1v) is 10.3. The van der Waals surface area contributed by atoms with Crippen LogP contribution in [0.5, 0.6) is 5.75 Å². The average molecular weight is 402 g/mol. The molecule has 0 N–H and O–H groups in total. The van der Waals surface area contributed by atoms with E-state index in [1.54, 1.807) is 13.4 Å². The fourth-order valence-electron chi connectivity index (χ4n) is 4.00. The normalized spacial score (nSPS) is 16.7. The number of likely N-dealkylation sites (tertiary alicyclic amines) is 1. The van der Waals surface area contributed by atoms with Crippen LogP contribution >= 0.6 is 0 Å². The molecule has 2 aromatic carbocycles. The molecular weight excluding hydrogens is 374 g/mol. The van der Waals surface area contributed by atoms with Crippen molar-refractivity contribution < 1.29 is 9.53 Å². The van der Waals surface area contributed by atoms with Crippen molar-refractivity contribution in [2.75, 3.05) is 13.7 Å². The molecular formula is C25H27N3O2. The van der Waals surface area contributed by atoms with Gasteiger partial charge >= 0.3 is 0 Å². The summed E-state index contributed by atoms with van der Waals surface area (Å²) in [6.45, 7) is 4.84. The number of piperidine rings is 1. The topological polar surface area (TPSA) is 47.4 Å². The largest absolute Gasteiger partial charge is 0.495 e. The first-order chi connectivity index (χ1) is 14.6. The molecule has 1 aromatic heterocycles. The summed E-state index contributed by atoms with van der Waals surface area (Å²) >= 11 is 0. The third kappa shape index (κ3) is 4.01. The average Bonchev–Trinajstić information content (AvgIpc) is 3.21. The highest BCUT2D eigenvalue weighted by Crippen LogP contribution is 2.30. The molecule has 0 saturated carbocycles. The van der Waals surface area contributed by atoms with E-state index in [4.69, 9.17) is 4.74 Å². The van der Waals surface area contributed by atoms with Crippen molar-refractivity contribution in [3.05, 3.63) is 83.4 Å². The van der Waals surface area contributed by atoms with Gasteiger partial charge < -0.3 is 14.2 Å². The van der Waals surface area contributed by atoms with Crippen molar-refractivity contribution in [3.8, 4) is 11.4 Å². The Balaban J connectivity index is 1.60. The number of amides is 1. The van der Waals surface area contributed by atoms with Crippen LogP contribution in [0.4, 0.5) is 0 Å². The van der Waals surface area contributed by atoms with Gasteiger partial charge in [-0.2, -0.15) is 0 Å². The second-order valence-corrected chi connectivity index (χ2v) is 7.71. The molecule has 154 valence electrons. The number of ether oxygens (including phenoxy) is 1. The summed E-state index contributed by atoms with van der Waals surface area (Å²) in [5.74, 6) is 0.866. The zero-order chi connectivity index (χ0) is 21.1. The van der Waals surface area contributed by atoms with Crippen LogP contribution in [0.3, 0.4) is 0 Å². The Bertz CT molecular complexity index is 1070. The van der Waals surface area contributed by atoms with E-state index in [1.165, 1.54) is 0 Å². The van der Waals surface area contributed by atoms with Crippen LogP contribution in [0, 0.1) is 6.92 Å². The summed E-state index contributed by atoms with van der Waals surface area (Å²) in [6.07, 6.45) is 7.50. The van der Waals surface area contributed by atoms with Gasteiger partial charge in [0, 0.05) is 18.3 Å². The first kappa shape index (κ1) is 20.0. The van der Waals surface area contributed by atoms with E-state index in [-0.39, 0.29) is 11.9 Å². The number of hydrogen-bond acceptors (Lipinski definition) is 3. The lowest BCUT2D eigenvalue weighted by Gasteiger charge is -2.34. The molecule has 1 aliphatic heterocycles. The number of imidazole rings is 1. The van der Waals surface area contributed by atoms with Gasteiger partial charge in [0.15, 0.2) is 0 Å². The van der Waals surface area contributed by atoms with Gasteiger partial charge in [-0.15, -0.1) is 0 Å². The number of nitrogens with zero attached hydrogens (tertiary/aromatic N) is 3. The van der Waals surface area contributed by atoms with Crippen molar-refractivity contribution in [2.45, 2.75) is 32.7 Å². The van der Waals surface area contributed by atoms with Crippen LogP contribution in [-0.2, 0) is 4.79 Å². The van der Waals surface area contributed by atoms with Crippen molar-refractivity contribution in [3.63, 3.8) is 0 Å². The smallest absolute Gasteiger partial charge is 0.250 e. The number of aromatic nitrogens is 2. The van der Waals surface area contributed by atoms with E-state index in [2.05, 4.69) is 24.0 Å². The molecule has 1 aliphatic rings. The molecule has 0 aliphatic carbocycles. The number of benzene rings is 2. The first-order valence-electron chi connectivity index (χ1n) is 10.3. The molecule has 30 heavy (non-hydrogen) atoms. The van der Waals surface area contributed by atoms with Gasteiger partial charge in [0.2, 0.25) is 5.91 Å². The van der Waals surface area contributed by atoms with E-state index >= 15 is 0 Å². The molecule has 3 aromatic rings. The minimum absolute atomic E-state index is 0.0591. The minimum Gasteiger partial charge on any atom is -0.495 e. The maximum atomic E-state index is 13.2. The SMILES string of the molecule is COc1cc(/C=C2\CCCN([C@@H](C)c3ccccc3)C2=O)ccc1-n1cnc(C)c1. The molecule has 1 fully saturated rings. The second kappa shape index (κ2) is 8.57. The number of hydrogen-bond donors (Lipinski definition) is 0. The van der Waals surface area contributed by atoms with Gasteiger partial charge in [-0.3, -0.25) is 4.79 Å². The van der Waals surface area contributed by atoms with Gasteiger partial charge in [-0.25, -0.2) is 4.98 Å². The molecule has 0 bridgehead atoms. The van der Waals surface area contributed by atoms with Gasteiger partial charge in [0.05, 0.1) is 30.9 Å². The summed E-state index contributed by atoms with van der Waals surface area (Å²) in [7, 11) is 1.66. The molecule has 5 nitrogen and oxygen atoms in total. The van der Waals surface area contributed by atoms with Crippen molar-refractivity contribution in [1.29, 1.82) is 0 Å². The van der Waals surface area contributed by atoms with Gasteiger partial charge in [0.25, 0.3) is 0 Å². The van der Waals surface area contributed by atoms with Crippen LogP contribution in [0.2, 0.25) is 0 Å². The van der Waals surface area contributed by atoms with Crippen LogP contribution in [0.1, 0.15) is 42.6 Å². The van der Waals surface area contributed by atoms with Crippen LogP contribution in [0.25, 0.3) is 11.8 Å². The predicted octanol–water partition coefficient (Wildman–Crippen LogP) is 4.96. The minimum atomic E-state index is 0.0591. The van der Waals surface area contributed by atoms with Crippen LogP contribution in [-0.4, -0.2) is 34.0 Å². The molecule has 0 radical (unpaired) electrons. The standard InChI is InChI=1S/C25H27N3O2/c1-18-16-27(17-26-18)23-12-11-20(15-24(23)30-3)14-22-10-7-13-28(25(22)29)19(2)21-8-5-4-6-9-21/h4-6,8-9,11-12,14-17,19H,7,10,13H2,1-3H3/b22-14+/t19-/m0/s1. The number of methoxy groups -OCH3 is 1. The lowest BCUT2D eigenvalue weighted by Crippen LogP contribution is -2.38.